The van der Waals surface area contributed by atoms with Gasteiger partial charge in [0.05, 0.1) is 6.61 Å². The standard InChI is InChI=1S/C10H20N2O/c1-10(7-11,12-9-2-3-9)8-4-5-13-6-8/h8-9,12H,2-7,11H2,1H3. The Morgan fingerprint density at radius 2 is 2.23 bits per heavy atom. The maximum absolute atomic E-state index is 5.84. The predicted molar refractivity (Wildman–Crippen MR) is 52.5 cm³/mol. The van der Waals surface area contributed by atoms with Crippen LogP contribution in [0.15, 0.2) is 0 Å². The van der Waals surface area contributed by atoms with Crippen molar-refractivity contribution in [3.63, 3.8) is 0 Å². The van der Waals surface area contributed by atoms with Gasteiger partial charge in [-0.1, -0.05) is 0 Å². The highest BCUT2D eigenvalue weighted by atomic mass is 16.5. The molecule has 0 spiro atoms. The van der Waals surface area contributed by atoms with Crippen LogP contribution in [-0.4, -0.2) is 31.3 Å². The monoisotopic (exact) mass is 184 g/mol. The van der Waals surface area contributed by atoms with Crippen molar-refractivity contribution in [2.45, 2.75) is 37.8 Å². The molecule has 2 atom stereocenters. The third-order valence-corrected chi connectivity index (χ3v) is 3.37. The lowest BCUT2D eigenvalue weighted by Gasteiger charge is -2.35. The lowest BCUT2D eigenvalue weighted by molar-refractivity contribution is 0.154. The molecule has 0 bridgehead atoms. The van der Waals surface area contributed by atoms with E-state index in [9.17, 15) is 0 Å². The number of rotatable bonds is 4. The van der Waals surface area contributed by atoms with E-state index in [-0.39, 0.29) is 5.54 Å². The molecule has 0 aromatic rings. The Balaban J connectivity index is 1.94. The fourth-order valence-corrected chi connectivity index (χ4v) is 2.07. The highest BCUT2D eigenvalue weighted by Crippen LogP contribution is 2.30. The van der Waals surface area contributed by atoms with Gasteiger partial charge in [0.15, 0.2) is 0 Å². The Morgan fingerprint density at radius 3 is 2.69 bits per heavy atom. The quantitative estimate of drug-likeness (QED) is 0.668. The summed E-state index contributed by atoms with van der Waals surface area (Å²) in [5.74, 6) is 0.609. The van der Waals surface area contributed by atoms with Crippen molar-refractivity contribution in [1.29, 1.82) is 0 Å². The molecule has 2 aliphatic rings. The summed E-state index contributed by atoms with van der Waals surface area (Å²) in [5.41, 5.74) is 5.95. The summed E-state index contributed by atoms with van der Waals surface area (Å²) in [6, 6.07) is 0.731. The molecule has 13 heavy (non-hydrogen) atoms. The van der Waals surface area contributed by atoms with E-state index in [2.05, 4.69) is 12.2 Å². The zero-order valence-corrected chi connectivity index (χ0v) is 8.38. The molecule has 0 aromatic heterocycles. The van der Waals surface area contributed by atoms with Crippen LogP contribution < -0.4 is 11.1 Å². The molecule has 2 unspecified atom stereocenters. The van der Waals surface area contributed by atoms with E-state index in [0.29, 0.717) is 5.92 Å². The third-order valence-electron chi connectivity index (χ3n) is 3.37. The van der Waals surface area contributed by atoms with Crippen LogP contribution in [0.3, 0.4) is 0 Å². The van der Waals surface area contributed by atoms with Gasteiger partial charge in [0, 0.05) is 30.7 Å². The number of nitrogens with one attached hydrogen (secondary N) is 1. The van der Waals surface area contributed by atoms with Gasteiger partial charge in [-0.05, 0) is 26.2 Å². The average Bonchev–Trinajstić information content (AvgIpc) is 2.77. The Kier molecular flexibility index (Phi) is 2.58. The van der Waals surface area contributed by atoms with Crippen LogP contribution in [0.25, 0.3) is 0 Å². The topological polar surface area (TPSA) is 47.3 Å². The molecule has 3 heteroatoms. The smallest absolute Gasteiger partial charge is 0.0513 e. The maximum Gasteiger partial charge on any atom is 0.0513 e. The second-order valence-electron chi connectivity index (χ2n) is 4.60. The van der Waals surface area contributed by atoms with Crippen LogP contribution in [0.5, 0.6) is 0 Å². The van der Waals surface area contributed by atoms with Crippen LogP contribution >= 0.6 is 0 Å². The minimum atomic E-state index is 0.109. The zero-order valence-electron chi connectivity index (χ0n) is 8.38. The molecule has 3 nitrogen and oxygen atoms in total. The maximum atomic E-state index is 5.84. The first-order valence-electron chi connectivity index (χ1n) is 5.30. The molecule has 1 aliphatic carbocycles. The minimum Gasteiger partial charge on any atom is -0.381 e. The van der Waals surface area contributed by atoms with E-state index in [1.165, 1.54) is 12.8 Å². The second kappa shape index (κ2) is 3.56. The number of ether oxygens (including phenoxy) is 1. The SMILES string of the molecule is CC(CN)(NC1CC1)C1CCOC1. The van der Waals surface area contributed by atoms with Crippen molar-refractivity contribution in [2.75, 3.05) is 19.8 Å². The lowest BCUT2D eigenvalue weighted by atomic mass is 9.85. The first-order valence-corrected chi connectivity index (χ1v) is 5.30. The molecule has 0 aromatic carbocycles. The molecule has 2 rings (SSSR count). The van der Waals surface area contributed by atoms with Crippen LogP contribution in [0.2, 0.25) is 0 Å². The van der Waals surface area contributed by atoms with Crippen molar-refractivity contribution in [2.24, 2.45) is 11.7 Å². The van der Waals surface area contributed by atoms with Crippen LogP contribution in [-0.2, 0) is 4.74 Å². The van der Waals surface area contributed by atoms with Gasteiger partial charge in [0.25, 0.3) is 0 Å². The fraction of sp³-hybridized carbons (Fsp3) is 1.00. The normalized spacial score (nSPS) is 33.2. The van der Waals surface area contributed by atoms with Gasteiger partial charge in [-0.15, -0.1) is 0 Å². The van der Waals surface area contributed by atoms with Gasteiger partial charge in [-0.2, -0.15) is 0 Å². The first-order chi connectivity index (χ1) is 6.24. The summed E-state index contributed by atoms with van der Waals surface area (Å²) in [4.78, 5) is 0. The molecule has 1 saturated carbocycles. The van der Waals surface area contributed by atoms with Crippen LogP contribution in [0.4, 0.5) is 0 Å². The molecule has 3 N–H and O–H groups in total. The molecule has 2 fully saturated rings. The summed E-state index contributed by atoms with van der Waals surface area (Å²) in [6.45, 7) is 4.75. The van der Waals surface area contributed by atoms with Gasteiger partial charge in [0.1, 0.15) is 0 Å². The van der Waals surface area contributed by atoms with E-state index < -0.39 is 0 Å². The number of nitrogens with two attached hydrogens (primary N) is 1. The summed E-state index contributed by atoms with van der Waals surface area (Å²) in [5, 5.41) is 3.65. The largest absolute Gasteiger partial charge is 0.381 e. The predicted octanol–water partition coefficient (Wildman–Crippen LogP) is 0.492. The zero-order chi connectivity index (χ0) is 9.31. The highest BCUT2D eigenvalue weighted by Gasteiger charge is 2.39. The highest BCUT2D eigenvalue weighted by molar-refractivity contribution is 4.98. The molecular formula is C10H20N2O. The van der Waals surface area contributed by atoms with Gasteiger partial charge >= 0.3 is 0 Å². The molecule has 1 saturated heterocycles. The van der Waals surface area contributed by atoms with E-state index in [1.807, 2.05) is 0 Å². The van der Waals surface area contributed by atoms with E-state index in [1.54, 1.807) is 0 Å². The lowest BCUT2D eigenvalue weighted by Crippen LogP contribution is -2.55. The summed E-state index contributed by atoms with van der Waals surface area (Å²) in [6.07, 6.45) is 3.81. The van der Waals surface area contributed by atoms with Crippen LogP contribution in [0, 0.1) is 5.92 Å². The Labute approximate surface area is 80.0 Å². The van der Waals surface area contributed by atoms with Crippen molar-refractivity contribution >= 4 is 0 Å². The third kappa shape index (κ3) is 2.03. The minimum absolute atomic E-state index is 0.109. The van der Waals surface area contributed by atoms with Crippen molar-refractivity contribution in [3.05, 3.63) is 0 Å². The molecule has 76 valence electrons. The van der Waals surface area contributed by atoms with E-state index in [0.717, 1.165) is 32.2 Å². The summed E-state index contributed by atoms with van der Waals surface area (Å²) < 4.78 is 5.41. The summed E-state index contributed by atoms with van der Waals surface area (Å²) >= 11 is 0. The van der Waals surface area contributed by atoms with Crippen molar-refractivity contribution < 1.29 is 4.74 Å². The first kappa shape index (κ1) is 9.44. The van der Waals surface area contributed by atoms with Crippen molar-refractivity contribution in [1.82, 2.24) is 5.32 Å². The molecule has 1 heterocycles. The summed E-state index contributed by atoms with van der Waals surface area (Å²) in [7, 11) is 0. The van der Waals surface area contributed by atoms with Gasteiger partial charge in [-0.3, -0.25) is 0 Å². The molecule has 1 aliphatic heterocycles. The van der Waals surface area contributed by atoms with Crippen molar-refractivity contribution in [3.8, 4) is 0 Å². The van der Waals surface area contributed by atoms with Crippen LogP contribution in [0.1, 0.15) is 26.2 Å². The van der Waals surface area contributed by atoms with Gasteiger partial charge < -0.3 is 15.8 Å². The van der Waals surface area contributed by atoms with Gasteiger partial charge in [0.2, 0.25) is 0 Å². The molecule has 0 amide bonds. The second-order valence-corrected chi connectivity index (χ2v) is 4.60. The molecular weight excluding hydrogens is 164 g/mol. The Bertz CT molecular complexity index is 176. The Morgan fingerprint density at radius 1 is 1.46 bits per heavy atom. The fourth-order valence-electron chi connectivity index (χ4n) is 2.07. The average molecular weight is 184 g/mol. The van der Waals surface area contributed by atoms with E-state index >= 15 is 0 Å². The van der Waals surface area contributed by atoms with Gasteiger partial charge in [-0.25, -0.2) is 0 Å². The number of hydrogen-bond donors (Lipinski definition) is 2. The molecule has 0 radical (unpaired) electrons. The Hall–Kier alpha value is -0.120. The number of hydrogen-bond acceptors (Lipinski definition) is 3. The van der Waals surface area contributed by atoms with E-state index in [4.69, 9.17) is 10.5 Å².